The molecule has 0 aliphatic carbocycles. The van der Waals surface area contributed by atoms with Gasteiger partial charge in [0.1, 0.15) is 5.60 Å². The van der Waals surface area contributed by atoms with Crippen molar-refractivity contribution in [3.8, 4) is 0 Å². The van der Waals surface area contributed by atoms with E-state index in [9.17, 15) is 4.79 Å². The summed E-state index contributed by atoms with van der Waals surface area (Å²) in [6.45, 7) is 14.9. The molecule has 6 nitrogen and oxygen atoms in total. The molecular formula is C16H30N4O2. The lowest BCUT2D eigenvalue weighted by Crippen LogP contribution is -2.49. The summed E-state index contributed by atoms with van der Waals surface area (Å²) in [5.74, 6) is 0. The van der Waals surface area contributed by atoms with Gasteiger partial charge in [-0.15, -0.1) is 0 Å². The molecule has 0 atom stereocenters. The molecule has 0 aromatic carbocycles. The standard InChI is InChI=1S/C16H30N4O2/c1-11-13(12(2)20(8)19-11)9-18-16(6,7)10-17-14(21)22-15(3,4)5/h18H,9-10H2,1-8H3,(H,17,21). The Kier molecular flexibility index (Phi) is 5.62. The van der Waals surface area contributed by atoms with Crippen molar-refractivity contribution < 1.29 is 9.53 Å². The Bertz CT molecular complexity index is 527. The number of nitrogens with one attached hydrogen (secondary N) is 2. The molecule has 0 spiro atoms. The summed E-state index contributed by atoms with van der Waals surface area (Å²) >= 11 is 0. The Morgan fingerprint density at radius 1 is 1.23 bits per heavy atom. The molecule has 1 heterocycles. The Balaban J connectivity index is 2.52. The number of ether oxygens (including phenoxy) is 1. The minimum atomic E-state index is -0.481. The van der Waals surface area contributed by atoms with Crippen molar-refractivity contribution in [3.05, 3.63) is 17.0 Å². The quantitative estimate of drug-likeness (QED) is 0.876. The lowest BCUT2D eigenvalue weighted by molar-refractivity contribution is 0.0513. The fourth-order valence-corrected chi connectivity index (χ4v) is 2.07. The molecule has 0 radical (unpaired) electrons. The number of carbonyl (C=O) groups is 1. The zero-order valence-corrected chi connectivity index (χ0v) is 15.1. The Hall–Kier alpha value is -1.56. The van der Waals surface area contributed by atoms with Crippen molar-refractivity contribution in [2.24, 2.45) is 7.05 Å². The summed E-state index contributed by atoms with van der Waals surface area (Å²) in [6.07, 6.45) is -0.392. The van der Waals surface area contributed by atoms with E-state index in [-0.39, 0.29) is 5.54 Å². The Morgan fingerprint density at radius 2 is 1.82 bits per heavy atom. The van der Waals surface area contributed by atoms with Gasteiger partial charge < -0.3 is 15.4 Å². The normalized spacial score (nSPS) is 12.4. The van der Waals surface area contributed by atoms with Crippen LogP contribution in [0.3, 0.4) is 0 Å². The third-order valence-electron chi connectivity index (χ3n) is 3.48. The van der Waals surface area contributed by atoms with E-state index in [0.29, 0.717) is 13.1 Å². The zero-order chi connectivity index (χ0) is 17.1. The minimum Gasteiger partial charge on any atom is -0.444 e. The van der Waals surface area contributed by atoms with Crippen molar-refractivity contribution in [1.29, 1.82) is 0 Å². The highest BCUT2D eigenvalue weighted by molar-refractivity contribution is 5.67. The third kappa shape index (κ3) is 5.67. The molecule has 1 aromatic rings. The number of amides is 1. The summed E-state index contributed by atoms with van der Waals surface area (Å²) in [4.78, 5) is 11.7. The van der Waals surface area contributed by atoms with Gasteiger partial charge in [0.2, 0.25) is 0 Å². The topological polar surface area (TPSA) is 68.2 Å². The molecule has 0 aliphatic heterocycles. The highest BCUT2D eigenvalue weighted by Gasteiger charge is 2.22. The molecule has 2 N–H and O–H groups in total. The number of carbonyl (C=O) groups excluding carboxylic acids is 1. The van der Waals surface area contributed by atoms with Crippen LogP contribution in [-0.2, 0) is 18.3 Å². The van der Waals surface area contributed by atoms with Gasteiger partial charge in [0.25, 0.3) is 0 Å². The number of nitrogens with zero attached hydrogens (tertiary/aromatic N) is 2. The second-order valence-corrected chi connectivity index (χ2v) is 7.37. The summed E-state index contributed by atoms with van der Waals surface area (Å²) in [7, 11) is 1.95. The maximum absolute atomic E-state index is 11.7. The second-order valence-electron chi connectivity index (χ2n) is 7.37. The number of rotatable bonds is 5. The lowest BCUT2D eigenvalue weighted by atomic mass is 10.0. The van der Waals surface area contributed by atoms with E-state index in [2.05, 4.69) is 22.7 Å². The number of hydrogen-bond donors (Lipinski definition) is 2. The first-order valence-corrected chi connectivity index (χ1v) is 7.62. The van der Waals surface area contributed by atoms with Crippen LogP contribution in [0, 0.1) is 13.8 Å². The van der Waals surface area contributed by atoms with Crippen molar-refractivity contribution in [2.75, 3.05) is 6.54 Å². The van der Waals surface area contributed by atoms with E-state index in [1.54, 1.807) is 0 Å². The van der Waals surface area contributed by atoms with Crippen LogP contribution in [0.25, 0.3) is 0 Å². The third-order valence-corrected chi connectivity index (χ3v) is 3.48. The van der Waals surface area contributed by atoms with Gasteiger partial charge >= 0.3 is 6.09 Å². The van der Waals surface area contributed by atoms with Crippen LogP contribution >= 0.6 is 0 Å². The maximum Gasteiger partial charge on any atom is 0.407 e. The van der Waals surface area contributed by atoms with Crippen molar-refractivity contribution in [3.63, 3.8) is 0 Å². The van der Waals surface area contributed by atoms with Crippen LogP contribution < -0.4 is 10.6 Å². The minimum absolute atomic E-state index is 0.244. The molecular weight excluding hydrogens is 280 g/mol. The lowest BCUT2D eigenvalue weighted by Gasteiger charge is -2.28. The SMILES string of the molecule is Cc1nn(C)c(C)c1CNC(C)(C)CNC(=O)OC(C)(C)C. The highest BCUT2D eigenvalue weighted by atomic mass is 16.6. The van der Waals surface area contributed by atoms with Crippen LogP contribution in [0.1, 0.15) is 51.6 Å². The number of aryl methyl sites for hydroxylation is 2. The molecule has 0 saturated carbocycles. The highest BCUT2D eigenvalue weighted by Crippen LogP contribution is 2.13. The van der Waals surface area contributed by atoms with E-state index < -0.39 is 11.7 Å². The van der Waals surface area contributed by atoms with Crippen LogP contribution in [0.15, 0.2) is 0 Å². The number of aromatic nitrogens is 2. The van der Waals surface area contributed by atoms with Crippen LogP contribution in [-0.4, -0.2) is 33.6 Å². The monoisotopic (exact) mass is 310 g/mol. The average Bonchev–Trinajstić information content (AvgIpc) is 2.57. The largest absolute Gasteiger partial charge is 0.444 e. The van der Waals surface area contributed by atoms with Crippen molar-refractivity contribution in [2.45, 2.75) is 66.2 Å². The van der Waals surface area contributed by atoms with Crippen LogP contribution in [0.2, 0.25) is 0 Å². The summed E-state index contributed by atoms with van der Waals surface area (Å²) in [5, 5.41) is 10.7. The molecule has 0 fully saturated rings. The molecule has 1 rings (SSSR count). The smallest absolute Gasteiger partial charge is 0.407 e. The van der Waals surface area contributed by atoms with Gasteiger partial charge in [-0.1, -0.05) is 0 Å². The van der Waals surface area contributed by atoms with E-state index in [4.69, 9.17) is 4.74 Å². The molecule has 0 bridgehead atoms. The Labute approximate surface area is 133 Å². The van der Waals surface area contributed by atoms with Gasteiger partial charge in [-0.3, -0.25) is 4.68 Å². The van der Waals surface area contributed by atoms with E-state index in [1.807, 2.05) is 53.3 Å². The molecule has 1 aromatic heterocycles. The predicted octanol–water partition coefficient (Wildman–Crippen LogP) is 2.43. The van der Waals surface area contributed by atoms with Gasteiger partial charge in [0, 0.05) is 36.9 Å². The summed E-state index contributed by atoms with van der Waals surface area (Å²) < 4.78 is 7.13. The van der Waals surface area contributed by atoms with Gasteiger partial charge in [-0.25, -0.2) is 4.79 Å². The predicted molar refractivity (Wildman–Crippen MR) is 87.8 cm³/mol. The molecule has 0 aliphatic rings. The molecule has 22 heavy (non-hydrogen) atoms. The first kappa shape index (κ1) is 18.5. The van der Waals surface area contributed by atoms with E-state index in [0.717, 1.165) is 11.4 Å². The first-order valence-electron chi connectivity index (χ1n) is 7.62. The number of alkyl carbamates (subject to hydrolysis) is 1. The van der Waals surface area contributed by atoms with E-state index >= 15 is 0 Å². The fourth-order valence-electron chi connectivity index (χ4n) is 2.07. The van der Waals surface area contributed by atoms with Gasteiger partial charge in [0.05, 0.1) is 5.69 Å². The second kappa shape index (κ2) is 6.69. The maximum atomic E-state index is 11.7. The molecule has 0 saturated heterocycles. The zero-order valence-electron chi connectivity index (χ0n) is 15.1. The molecule has 126 valence electrons. The summed E-state index contributed by atoms with van der Waals surface area (Å²) in [5.41, 5.74) is 2.66. The average molecular weight is 310 g/mol. The van der Waals surface area contributed by atoms with Crippen molar-refractivity contribution >= 4 is 6.09 Å². The molecule has 0 unspecified atom stereocenters. The van der Waals surface area contributed by atoms with Crippen molar-refractivity contribution in [1.82, 2.24) is 20.4 Å². The Morgan fingerprint density at radius 3 is 2.27 bits per heavy atom. The van der Waals surface area contributed by atoms with E-state index in [1.165, 1.54) is 5.56 Å². The summed E-state index contributed by atoms with van der Waals surface area (Å²) in [6, 6.07) is 0. The van der Waals surface area contributed by atoms with Gasteiger partial charge in [-0.05, 0) is 48.5 Å². The first-order chi connectivity index (χ1) is 9.91. The molecule has 6 heteroatoms. The number of hydrogen-bond acceptors (Lipinski definition) is 4. The van der Waals surface area contributed by atoms with Crippen LogP contribution in [0.4, 0.5) is 4.79 Å². The van der Waals surface area contributed by atoms with Crippen LogP contribution in [0.5, 0.6) is 0 Å². The van der Waals surface area contributed by atoms with Gasteiger partial charge in [-0.2, -0.15) is 5.10 Å². The fraction of sp³-hybridized carbons (Fsp3) is 0.750. The molecule has 1 amide bonds. The van der Waals surface area contributed by atoms with Gasteiger partial charge in [0.15, 0.2) is 0 Å².